The highest BCUT2D eigenvalue weighted by Crippen LogP contribution is 2.29. The number of hydrogen-bond acceptors (Lipinski definition) is 6. The number of H-pyrrole nitrogens is 1. The van der Waals surface area contributed by atoms with Gasteiger partial charge in [0.1, 0.15) is 11.5 Å². The molecule has 0 saturated heterocycles. The summed E-state index contributed by atoms with van der Waals surface area (Å²) in [6, 6.07) is 0. The summed E-state index contributed by atoms with van der Waals surface area (Å²) in [6.07, 6.45) is 0.414. The van der Waals surface area contributed by atoms with Crippen LogP contribution in [0, 0.1) is 0 Å². The summed E-state index contributed by atoms with van der Waals surface area (Å²) in [7, 11) is 3.41. The van der Waals surface area contributed by atoms with E-state index in [0.29, 0.717) is 37.6 Å². The summed E-state index contributed by atoms with van der Waals surface area (Å²) in [5, 5.41) is 18.1. The number of rotatable bonds is 5. The molecule has 0 amide bonds. The fraction of sp³-hybridized carbons (Fsp3) is 0.667. The van der Waals surface area contributed by atoms with Crippen LogP contribution in [-0.4, -0.2) is 52.7 Å². The van der Waals surface area contributed by atoms with Gasteiger partial charge >= 0.3 is 5.69 Å². The summed E-state index contributed by atoms with van der Waals surface area (Å²) in [4.78, 5) is 29.5. The van der Waals surface area contributed by atoms with E-state index in [1.165, 1.54) is 4.57 Å². The first-order valence-corrected chi connectivity index (χ1v) is 6.54. The number of nitrogens with zero attached hydrogens (tertiary/aromatic N) is 3. The monoisotopic (exact) mass is 284 g/mol. The zero-order valence-electron chi connectivity index (χ0n) is 11.7. The van der Waals surface area contributed by atoms with Gasteiger partial charge in [-0.05, 0) is 12.8 Å². The molecular formula is C12H20N4O4. The van der Waals surface area contributed by atoms with E-state index in [-0.39, 0.29) is 12.2 Å². The van der Waals surface area contributed by atoms with E-state index in [9.17, 15) is 14.7 Å². The van der Waals surface area contributed by atoms with Crippen LogP contribution in [0.15, 0.2) is 9.59 Å². The van der Waals surface area contributed by atoms with E-state index in [4.69, 9.17) is 5.11 Å². The van der Waals surface area contributed by atoms with E-state index in [1.807, 2.05) is 4.90 Å². The van der Waals surface area contributed by atoms with Crippen molar-refractivity contribution in [2.45, 2.75) is 18.9 Å². The molecule has 1 aromatic heterocycles. The standard InChI is InChI=1S/C12H20N4O4/c1-14-7-16(5-3-4-8(18)6-17)11-9(14)10(19)13-12(20)15(11)2/h8,17-18H,3-7H2,1-2H3,(H,13,19,20). The van der Waals surface area contributed by atoms with Crippen LogP contribution in [0.3, 0.4) is 0 Å². The van der Waals surface area contributed by atoms with Gasteiger partial charge in [0.25, 0.3) is 5.56 Å². The van der Waals surface area contributed by atoms with Crippen molar-refractivity contribution in [3.05, 3.63) is 20.8 Å². The molecule has 2 rings (SSSR count). The lowest BCUT2D eigenvalue weighted by atomic mass is 10.2. The highest BCUT2D eigenvalue weighted by Gasteiger charge is 2.29. The van der Waals surface area contributed by atoms with Crippen molar-refractivity contribution in [2.24, 2.45) is 7.05 Å². The van der Waals surface area contributed by atoms with Gasteiger partial charge in [0.05, 0.1) is 19.4 Å². The Hall–Kier alpha value is -1.80. The number of aliphatic hydroxyl groups is 2. The molecule has 1 unspecified atom stereocenters. The second-order valence-corrected chi connectivity index (χ2v) is 5.07. The number of aromatic nitrogens is 2. The van der Waals surface area contributed by atoms with Crippen molar-refractivity contribution in [1.82, 2.24) is 9.55 Å². The van der Waals surface area contributed by atoms with Gasteiger partial charge in [-0.3, -0.25) is 14.3 Å². The lowest BCUT2D eigenvalue weighted by Gasteiger charge is -2.20. The quantitative estimate of drug-likeness (QED) is 0.603. The average molecular weight is 284 g/mol. The first-order valence-electron chi connectivity index (χ1n) is 6.54. The molecule has 8 heteroatoms. The van der Waals surface area contributed by atoms with Crippen molar-refractivity contribution >= 4 is 11.5 Å². The summed E-state index contributed by atoms with van der Waals surface area (Å²) < 4.78 is 1.42. The minimum atomic E-state index is -0.724. The second kappa shape index (κ2) is 5.68. The topological polar surface area (TPSA) is 102 Å². The first kappa shape index (κ1) is 14.6. The van der Waals surface area contributed by atoms with Gasteiger partial charge in [0.15, 0.2) is 0 Å². The van der Waals surface area contributed by atoms with E-state index in [0.717, 1.165) is 0 Å². The molecule has 0 radical (unpaired) electrons. The Kier molecular flexibility index (Phi) is 4.15. The molecule has 0 bridgehead atoms. The molecule has 0 aromatic carbocycles. The van der Waals surface area contributed by atoms with Crippen LogP contribution < -0.4 is 21.0 Å². The van der Waals surface area contributed by atoms with Crippen LogP contribution in [0.4, 0.5) is 11.5 Å². The maximum Gasteiger partial charge on any atom is 0.329 e. The Labute approximate surface area is 115 Å². The predicted molar refractivity (Wildman–Crippen MR) is 75.2 cm³/mol. The van der Waals surface area contributed by atoms with Crippen LogP contribution in [-0.2, 0) is 7.05 Å². The summed E-state index contributed by atoms with van der Waals surface area (Å²) in [6.45, 7) is 0.866. The van der Waals surface area contributed by atoms with Crippen LogP contribution in [0.25, 0.3) is 0 Å². The van der Waals surface area contributed by atoms with Gasteiger partial charge in [0, 0.05) is 20.6 Å². The van der Waals surface area contributed by atoms with Crippen molar-refractivity contribution in [3.8, 4) is 0 Å². The first-order chi connectivity index (χ1) is 9.45. The molecule has 0 fully saturated rings. The number of nitrogens with one attached hydrogen (secondary N) is 1. The maximum atomic E-state index is 11.9. The Morgan fingerprint density at radius 2 is 2.05 bits per heavy atom. The molecule has 1 aromatic rings. The SMILES string of the molecule is CN1CN(CCCC(O)CO)c2c1c(=O)[nH]c(=O)n2C. The van der Waals surface area contributed by atoms with Crippen LogP contribution in [0.2, 0.25) is 0 Å². The van der Waals surface area contributed by atoms with Gasteiger partial charge in [0.2, 0.25) is 0 Å². The second-order valence-electron chi connectivity index (χ2n) is 5.07. The largest absolute Gasteiger partial charge is 0.394 e. The third kappa shape index (κ3) is 2.56. The molecule has 8 nitrogen and oxygen atoms in total. The van der Waals surface area contributed by atoms with Crippen LogP contribution in [0.5, 0.6) is 0 Å². The third-order valence-corrected chi connectivity index (χ3v) is 3.51. The Balaban J connectivity index is 2.21. The number of hydrogen-bond donors (Lipinski definition) is 3. The Morgan fingerprint density at radius 1 is 1.35 bits per heavy atom. The predicted octanol–water partition coefficient (Wildman–Crippen LogP) is -1.58. The molecule has 112 valence electrons. The summed E-state index contributed by atoms with van der Waals surface area (Å²) in [5.74, 6) is 0.597. The molecule has 2 heterocycles. The lowest BCUT2D eigenvalue weighted by molar-refractivity contribution is 0.0870. The minimum absolute atomic E-state index is 0.255. The maximum absolute atomic E-state index is 11.9. The van der Waals surface area contributed by atoms with Gasteiger partial charge < -0.3 is 20.0 Å². The van der Waals surface area contributed by atoms with Crippen molar-refractivity contribution in [2.75, 3.05) is 36.7 Å². The van der Waals surface area contributed by atoms with E-state index < -0.39 is 11.8 Å². The zero-order valence-corrected chi connectivity index (χ0v) is 11.7. The van der Waals surface area contributed by atoms with Crippen molar-refractivity contribution in [1.29, 1.82) is 0 Å². The number of fused-ring (bicyclic) bond motifs is 1. The lowest BCUT2D eigenvalue weighted by Crippen LogP contribution is -2.33. The normalized spacial score (nSPS) is 15.6. The number of aliphatic hydroxyl groups excluding tert-OH is 2. The molecule has 3 N–H and O–H groups in total. The van der Waals surface area contributed by atoms with E-state index >= 15 is 0 Å². The van der Waals surface area contributed by atoms with Gasteiger partial charge in [-0.2, -0.15) is 0 Å². The van der Waals surface area contributed by atoms with Crippen LogP contribution >= 0.6 is 0 Å². The molecular weight excluding hydrogens is 264 g/mol. The van der Waals surface area contributed by atoms with E-state index in [1.54, 1.807) is 19.0 Å². The van der Waals surface area contributed by atoms with E-state index in [2.05, 4.69) is 4.98 Å². The molecule has 1 atom stereocenters. The summed E-state index contributed by atoms with van der Waals surface area (Å²) >= 11 is 0. The summed E-state index contributed by atoms with van der Waals surface area (Å²) in [5.41, 5.74) is -0.345. The molecule has 20 heavy (non-hydrogen) atoms. The van der Waals surface area contributed by atoms with Gasteiger partial charge in [-0.25, -0.2) is 4.79 Å². The van der Waals surface area contributed by atoms with Gasteiger partial charge in [-0.15, -0.1) is 0 Å². The highest BCUT2D eigenvalue weighted by atomic mass is 16.3. The van der Waals surface area contributed by atoms with Gasteiger partial charge in [-0.1, -0.05) is 0 Å². The molecule has 0 saturated carbocycles. The van der Waals surface area contributed by atoms with Crippen LogP contribution in [0.1, 0.15) is 12.8 Å². The minimum Gasteiger partial charge on any atom is -0.394 e. The molecule has 0 spiro atoms. The smallest absolute Gasteiger partial charge is 0.329 e. The fourth-order valence-corrected chi connectivity index (χ4v) is 2.48. The molecule has 1 aliphatic heterocycles. The van der Waals surface area contributed by atoms with Crippen molar-refractivity contribution in [3.63, 3.8) is 0 Å². The zero-order chi connectivity index (χ0) is 14.9. The average Bonchev–Trinajstić information content (AvgIpc) is 2.73. The number of aromatic amines is 1. The molecule has 0 aliphatic carbocycles. The Morgan fingerprint density at radius 3 is 2.70 bits per heavy atom. The van der Waals surface area contributed by atoms with Crippen molar-refractivity contribution < 1.29 is 10.2 Å². The molecule has 1 aliphatic rings. The fourth-order valence-electron chi connectivity index (χ4n) is 2.48. The Bertz CT molecular complexity index is 594. The highest BCUT2D eigenvalue weighted by molar-refractivity contribution is 5.71. The number of anilines is 2. The third-order valence-electron chi connectivity index (χ3n) is 3.51.